The number of hydrogen-bond donors (Lipinski definition) is 0. The molecule has 3 nitrogen and oxygen atoms in total. The van der Waals surface area contributed by atoms with E-state index < -0.39 is 0 Å². The summed E-state index contributed by atoms with van der Waals surface area (Å²) in [4.78, 5) is 14.9. The van der Waals surface area contributed by atoms with Gasteiger partial charge in [-0.1, -0.05) is 153 Å². The molecule has 0 saturated heterocycles. The van der Waals surface area contributed by atoms with E-state index in [1.807, 2.05) is 36.4 Å². The zero-order chi connectivity index (χ0) is 30.2. The van der Waals surface area contributed by atoms with Gasteiger partial charge in [0, 0.05) is 16.7 Å². The van der Waals surface area contributed by atoms with Gasteiger partial charge in [-0.2, -0.15) is 0 Å². The molecule has 0 unspecified atom stereocenters. The minimum atomic E-state index is 0.660. The minimum Gasteiger partial charge on any atom is -0.208 e. The van der Waals surface area contributed by atoms with Crippen molar-refractivity contribution in [2.45, 2.75) is 19.8 Å². The third-order valence-corrected chi connectivity index (χ3v) is 8.78. The van der Waals surface area contributed by atoms with Gasteiger partial charge < -0.3 is 0 Å². The molecule has 1 heterocycles. The van der Waals surface area contributed by atoms with E-state index in [9.17, 15) is 0 Å². The van der Waals surface area contributed by atoms with E-state index in [-0.39, 0.29) is 0 Å². The number of aryl methyl sites for hydroxylation is 1. The van der Waals surface area contributed by atoms with E-state index in [1.165, 1.54) is 44.5 Å². The summed E-state index contributed by atoms with van der Waals surface area (Å²) in [5.74, 6) is 1.99. The zero-order valence-corrected chi connectivity index (χ0v) is 25.1. The lowest BCUT2D eigenvalue weighted by Gasteiger charge is -2.16. The maximum Gasteiger partial charge on any atom is 0.164 e. The Morgan fingerprint density at radius 1 is 0.400 bits per heavy atom. The van der Waals surface area contributed by atoms with Crippen molar-refractivity contribution < 1.29 is 0 Å². The van der Waals surface area contributed by atoms with Crippen molar-refractivity contribution in [3.8, 4) is 67.5 Å². The molecule has 0 fully saturated rings. The Hall–Kier alpha value is -5.67. The quantitative estimate of drug-likeness (QED) is 0.197. The fourth-order valence-corrected chi connectivity index (χ4v) is 6.47. The number of benzene rings is 6. The van der Waals surface area contributed by atoms with E-state index in [2.05, 4.69) is 116 Å². The molecule has 6 aromatic carbocycles. The van der Waals surface area contributed by atoms with Gasteiger partial charge in [0.1, 0.15) is 0 Å². The van der Waals surface area contributed by atoms with Crippen molar-refractivity contribution in [1.82, 2.24) is 15.0 Å². The highest BCUT2D eigenvalue weighted by Gasteiger charge is 2.23. The van der Waals surface area contributed by atoms with Gasteiger partial charge in [0.2, 0.25) is 0 Å². The Morgan fingerprint density at radius 2 is 0.867 bits per heavy atom. The van der Waals surface area contributed by atoms with E-state index >= 15 is 0 Å². The smallest absolute Gasteiger partial charge is 0.164 e. The average Bonchev–Trinajstić information content (AvgIpc) is 3.51. The van der Waals surface area contributed by atoms with Crippen LogP contribution in [0.15, 0.2) is 146 Å². The average molecular weight is 578 g/mol. The first-order valence-corrected chi connectivity index (χ1v) is 15.6. The van der Waals surface area contributed by atoms with Gasteiger partial charge in [-0.15, -0.1) is 0 Å². The van der Waals surface area contributed by atoms with E-state index in [0.717, 1.165) is 35.1 Å². The van der Waals surface area contributed by atoms with Crippen molar-refractivity contribution >= 4 is 0 Å². The Labute approximate surface area is 264 Å². The highest BCUT2D eigenvalue weighted by atomic mass is 15.0. The maximum absolute atomic E-state index is 5.00. The second-order valence-corrected chi connectivity index (χ2v) is 11.5. The number of nitrogens with zero attached hydrogens (tertiary/aromatic N) is 3. The van der Waals surface area contributed by atoms with Crippen LogP contribution in [-0.4, -0.2) is 15.0 Å². The normalized spacial score (nSPS) is 11.7. The first kappa shape index (κ1) is 26.9. The van der Waals surface area contributed by atoms with E-state index in [4.69, 9.17) is 15.0 Å². The molecule has 0 N–H and O–H groups in total. The number of fused-ring (bicyclic) bond motifs is 3. The first-order valence-electron chi connectivity index (χ1n) is 15.6. The van der Waals surface area contributed by atoms with Crippen LogP contribution in [0.2, 0.25) is 0 Å². The van der Waals surface area contributed by atoms with Crippen molar-refractivity contribution in [2.75, 3.05) is 0 Å². The zero-order valence-electron chi connectivity index (χ0n) is 25.1. The summed E-state index contributed by atoms with van der Waals surface area (Å²) < 4.78 is 0. The van der Waals surface area contributed by atoms with Crippen molar-refractivity contribution in [3.63, 3.8) is 0 Å². The fourth-order valence-electron chi connectivity index (χ4n) is 6.47. The van der Waals surface area contributed by atoms with Gasteiger partial charge in [-0.3, -0.25) is 0 Å². The Bertz CT molecular complexity index is 2130. The molecule has 8 rings (SSSR count). The van der Waals surface area contributed by atoms with Crippen LogP contribution in [0.5, 0.6) is 0 Å². The monoisotopic (exact) mass is 577 g/mol. The van der Waals surface area contributed by atoms with E-state index in [1.54, 1.807) is 0 Å². The van der Waals surface area contributed by atoms with Gasteiger partial charge in [0.25, 0.3) is 0 Å². The predicted octanol–water partition coefficient (Wildman–Crippen LogP) is 10.3. The molecule has 45 heavy (non-hydrogen) atoms. The van der Waals surface area contributed by atoms with Crippen LogP contribution in [0.4, 0.5) is 0 Å². The third kappa shape index (κ3) is 5.03. The van der Waals surface area contributed by atoms with Crippen LogP contribution in [0.25, 0.3) is 67.5 Å². The summed E-state index contributed by atoms with van der Waals surface area (Å²) in [5, 5.41) is 0. The van der Waals surface area contributed by atoms with Crippen molar-refractivity contribution in [1.29, 1.82) is 0 Å². The standard InChI is InChI=1S/C42H31N3/c1-2-28-17-26-36-27-35-15-9-10-16-37(35)39(36)38(28)31-20-24-34(25-21-31)42-44-40(32-13-7-4-8-14-32)43-41(45-42)33-22-18-30(19-23-33)29-11-5-3-6-12-29/h3-26H,2,27H2,1H3. The lowest BCUT2D eigenvalue weighted by molar-refractivity contribution is 1.07. The summed E-state index contributed by atoms with van der Waals surface area (Å²) in [5.41, 5.74) is 14.7. The number of rotatable bonds is 6. The summed E-state index contributed by atoms with van der Waals surface area (Å²) in [6, 6.07) is 51.2. The van der Waals surface area contributed by atoms with Gasteiger partial charge in [-0.25, -0.2) is 15.0 Å². The summed E-state index contributed by atoms with van der Waals surface area (Å²) >= 11 is 0. The van der Waals surface area contributed by atoms with Crippen molar-refractivity contribution in [2.24, 2.45) is 0 Å². The number of aromatic nitrogens is 3. The van der Waals surface area contributed by atoms with Crippen LogP contribution in [0.1, 0.15) is 23.6 Å². The molecule has 1 aliphatic rings. The highest BCUT2D eigenvalue weighted by Crippen LogP contribution is 2.45. The molecule has 3 heteroatoms. The molecular formula is C42H31N3. The molecule has 214 valence electrons. The predicted molar refractivity (Wildman–Crippen MR) is 185 cm³/mol. The molecule has 0 radical (unpaired) electrons. The third-order valence-electron chi connectivity index (χ3n) is 8.78. The number of hydrogen-bond acceptors (Lipinski definition) is 3. The lowest BCUT2D eigenvalue weighted by atomic mass is 9.88. The first-order chi connectivity index (χ1) is 22.2. The van der Waals surface area contributed by atoms with Crippen LogP contribution in [0.3, 0.4) is 0 Å². The molecule has 0 bridgehead atoms. The van der Waals surface area contributed by atoms with Gasteiger partial charge >= 0.3 is 0 Å². The summed E-state index contributed by atoms with van der Waals surface area (Å²) in [7, 11) is 0. The summed E-state index contributed by atoms with van der Waals surface area (Å²) in [6.45, 7) is 2.24. The molecule has 0 atom stereocenters. The van der Waals surface area contributed by atoms with Crippen LogP contribution in [0, 0.1) is 0 Å². The Balaban J connectivity index is 1.21. The molecule has 0 saturated carbocycles. The van der Waals surface area contributed by atoms with Crippen LogP contribution in [-0.2, 0) is 12.8 Å². The van der Waals surface area contributed by atoms with E-state index in [0.29, 0.717) is 17.5 Å². The minimum absolute atomic E-state index is 0.660. The summed E-state index contributed by atoms with van der Waals surface area (Å²) in [6.07, 6.45) is 1.97. The second-order valence-electron chi connectivity index (χ2n) is 11.5. The maximum atomic E-state index is 5.00. The molecule has 0 amide bonds. The largest absolute Gasteiger partial charge is 0.208 e. The van der Waals surface area contributed by atoms with Crippen molar-refractivity contribution in [3.05, 3.63) is 162 Å². The molecule has 0 spiro atoms. The van der Waals surface area contributed by atoms with Gasteiger partial charge in [0.05, 0.1) is 0 Å². The molecule has 1 aromatic heterocycles. The molecule has 1 aliphatic carbocycles. The molecular weight excluding hydrogens is 546 g/mol. The molecule has 0 aliphatic heterocycles. The highest BCUT2D eigenvalue weighted by molar-refractivity contribution is 5.92. The fraction of sp³-hybridized carbons (Fsp3) is 0.0714. The topological polar surface area (TPSA) is 38.7 Å². The Kier molecular flexibility index (Phi) is 6.84. The lowest BCUT2D eigenvalue weighted by Crippen LogP contribution is -2.00. The van der Waals surface area contributed by atoms with Gasteiger partial charge in [0.15, 0.2) is 17.5 Å². The molecule has 7 aromatic rings. The SMILES string of the molecule is CCc1ccc2c(c1-c1ccc(-c3nc(-c4ccccc4)nc(-c4ccc(-c5ccccc5)cc4)n3)cc1)-c1ccccc1C2. The second kappa shape index (κ2) is 11.4. The Morgan fingerprint density at radius 3 is 1.47 bits per heavy atom. The van der Waals surface area contributed by atoms with Gasteiger partial charge in [-0.05, 0) is 62.9 Å². The van der Waals surface area contributed by atoms with Crippen LogP contribution < -0.4 is 0 Å². The van der Waals surface area contributed by atoms with Crippen LogP contribution >= 0.6 is 0 Å².